The van der Waals surface area contributed by atoms with Crippen LogP contribution >= 0.6 is 23.3 Å². The standard InChI is InChI=1S/C2H2N2S.C2H6S/c1-3-2-5-4-1;1-3-2/h1-2H;1-2H3. The van der Waals surface area contributed by atoms with Gasteiger partial charge in [0, 0.05) is 0 Å². The third kappa shape index (κ3) is 5.91. The summed E-state index contributed by atoms with van der Waals surface area (Å²) >= 11 is 3.10. The van der Waals surface area contributed by atoms with Gasteiger partial charge in [0.1, 0.15) is 11.8 Å². The molecule has 0 saturated heterocycles. The van der Waals surface area contributed by atoms with E-state index in [0.717, 1.165) is 0 Å². The molecule has 4 heteroatoms. The van der Waals surface area contributed by atoms with Crippen molar-refractivity contribution in [2.45, 2.75) is 0 Å². The summed E-state index contributed by atoms with van der Waals surface area (Å²) in [7, 11) is 0. The van der Waals surface area contributed by atoms with Crippen LogP contribution < -0.4 is 0 Å². The first-order valence-electron chi connectivity index (χ1n) is 2.01. The Bertz CT molecular complexity index is 78.9. The van der Waals surface area contributed by atoms with Gasteiger partial charge in [0.15, 0.2) is 0 Å². The molecule has 0 fully saturated rings. The first-order valence-corrected chi connectivity index (χ1v) is 4.48. The highest BCUT2D eigenvalue weighted by Gasteiger charge is 1.60. The molecular formula is C4H8N2S2. The van der Waals surface area contributed by atoms with Gasteiger partial charge in [-0.25, -0.2) is 4.98 Å². The number of hydrogen-bond donors (Lipinski definition) is 0. The molecule has 1 aromatic rings. The highest BCUT2D eigenvalue weighted by atomic mass is 32.2. The van der Waals surface area contributed by atoms with E-state index in [2.05, 4.69) is 9.36 Å². The molecule has 46 valence electrons. The van der Waals surface area contributed by atoms with Gasteiger partial charge >= 0.3 is 0 Å². The van der Waals surface area contributed by atoms with Crippen LogP contribution in [0, 0.1) is 0 Å². The van der Waals surface area contributed by atoms with Crippen LogP contribution in [0.15, 0.2) is 11.8 Å². The highest BCUT2D eigenvalue weighted by molar-refractivity contribution is 7.97. The molecule has 1 rings (SSSR count). The summed E-state index contributed by atoms with van der Waals surface area (Å²) in [4.78, 5) is 3.63. The van der Waals surface area contributed by atoms with E-state index in [0.29, 0.717) is 0 Å². The molecule has 0 bridgehead atoms. The SMILES string of the molecule is CSC.c1ncsn1. The normalized spacial score (nSPS) is 7.25. The van der Waals surface area contributed by atoms with Crippen LogP contribution in [-0.2, 0) is 0 Å². The average Bonchev–Trinajstić information content (AvgIpc) is 2.17. The van der Waals surface area contributed by atoms with E-state index >= 15 is 0 Å². The quantitative estimate of drug-likeness (QED) is 0.558. The largest absolute Gasteiger partial charge is 0.231 e. The van der Waals surface area contributed by atoms with Gasteiger partial charge in [-0.2, -0.15) is 16.1 Å². The molecule has 0 unspecified atom stereocenters. The van der Waals surface area contributed by atoms with Crippen LogP contribution in [0.4, 0.5) is 0 Å². The number of hydrogen-bond acceptors (Lipinski definition) is 4. The number of aromatic nitrogens is 2. The average molecular weight is 148 g/mol. The van der Waals surface area contributed by atoms with Crippen LogP contribution in [0.1, 0.15) is 0 Å². The first-order chi connectivity index (χ1) is 3.91. The molecule has 0 aliphatic carbocycles. The molecule has 0 radical (unpaired) electrons. The Morgan fingerprint density at radius 1 is 1.50 bits per heavy atom. The summed E-state index contributed by atoms with van der Waals surface area (Å²) < 4.78 is 3.65. The third-order valence-corrected chi connectivity index (χ3v) is 0.715. The fourth-order valence-electron chi connectivity index (χ4n) is 0.136. The molecule has 2 nitrogen and oxygen atoms in total. The second kappa shape index (κ2) is 6.91. The molecule has 0 amide bonds. The molecular weight excluding hydrogens is 140 g/mol. The monoisotopic (exact) mass is 148 g/mol. The molecule has 8 heavy (non-hydrogen) atoms. The molecule has 0 aliphatic heterocycles. The van der Waals surface area contributed by atoms with Gasteiger partial charge in [-0.1, -0.05) is 0 Å². The smallest absolute Gasteiger partial charge is 0.129 e. The second-order valence-electron chi connectivity index (χ2n) is 0.989. The number of nitrogens with zero attached hydrogens (tertiary/aromatic N) is 2. The summed E-state index contributed by atoms with van der Waals surface area (Å²) in [6, 6.07) is 0. The lowest BCUT2D eigenvalue weighted by Crippen LogP contribution is -1.43. The van der Waals surface area contributed by atoms with Crippen molar-refractivity contribution in [1.29, 1.82) is 0 Å². The summed E-state index contributed by atoms with van der Waals surface area (Å²) in [5.74, 6) is 0. The van der Waals surface area contributed by atoms with Crippen molar-refractivity contribution in [2.75, 3.05) is 12.5 Å². The Balaban J connectivity index is 0.000000145. The van der Waals surface area contributed by atoms with Crippen LogP contribution in [0.3, 0.4) is 0 Å². The van der Waals surface area contributed by atoms with Gasteiger partial charge in [0.05, 0.1) is 0 Å². The molecule has 0 atom stereocenters. The first kappa shape index (κ1) is 7.91. The van der Waals surface area contributed by atoms with E-state index in [-0.39, 0.29) is 0 Å². The predicted molar refractivity (Wildman–Crippen MR) is 39.3 cm³/mol. The minimum atomic E-state index is 1.35. The van der Waals surface area contributed by atoms with Crippen molar-refractivity contribution in [3.8, 4) is 0 Å². The van der Waals surface area contributed by atoms with E-state index < -0.39 is 0 Å². The van der Waals surface area contributed by atoms with Gasteiger partial charge in [-0.05, 0) is 24.0 Å². The van der Waals surface area contributed by atoms with Gasteiger partial charge in [0.25, 0.3) is 0 Å². The summed E-state index contributed by atoms with van der Waals surface area (Å²) in [5.41, 5.74) is 1.68. The molecule has 0 aliphatic rings. The Kier molecular flexibility index (Phi) is 6.83. The fourth-order valence-corrected chi connectivity index (χ4v) is 0.408. The Morgan fingerprint density at radius 2 is 2.12 bits per heavy atom. The van der Waals surface area contributed by atoms with Gasteiger partial charge < -0.3 is 0 Å². The van der Waals surface area contributed by atoms with Crippen LogP contribution in [0.5, 0.6) is 0 Å². The van der Waals surface area contributed by atoms with Crippen LogP contribution in [-0.4, -0.2) is 21.9 Å². The third-order valence-electron chi connectivity index (χ3n) is 0.283. The zero-order chi connectivity index (χ0) is 6.24. The maximum absolute atomic E-state index is 3.65. The summed E-state index contributed by atoms with van der Waals surface area (Å²) in [6.07, 6.45) is 5.60. The van der Waals surface area contributed by atoms with Crippen molar-refractivity contribution >= 4 is 23.3 Å². The Morgan fingerprint density at radius 3 is 2.25 bits per heavy atom. The van der Waals surface area contributed by atoms with Crippen molar-refractivity contribution in [3.63, 3.8) is 0 Å². The summed E-state index contributed by atoms with van der Waals surface area (Å²) in [6.45, 7) is 0. The fraction of sp³-hybridized carbons (Fsp3) is 0.500. The van der Waals surface area contributed by atoms with Crippen molar-refractivity contribution < 1.29 is 0 Å². The maximum atomic E-state index is 3.65. The van der Waals surface area contributed by atoms with Crippen molar-refractivity contribution in [1.82, 2.24) is 9.36 Å². The summed E-state index contributed by atoms with van der Waals surface area (Å²) in [5, 5.41) is 0. The molecule has 0 saturated carbocycles. The van der Waals surface area contributed by atoms with Crippen LogP contribution in [0.2, 0.25) is 0 Å². The Hall–Kier alpha value is -0.0900. The molecule has 0 N–H and O–H groups in total. The topological polar surface area (TPSA) is 25.8 Å². The van der Waals surface area contributed by atoms with Crippen LogP contribution in [0.25, 0.3) is 0 Å². The lowest BCUT2D eigenvalue weighted by atomic mass is 11.4. The Labute approximate surface area is 57.5 Å². The number of rotatable bonds is 0. The van der Waals surface area contributed by atoms with Crippen molar-refractivity contribution in [2.24, 2.45) is 0 Å². The minimum Gasteiger partial charge on any atom is -0.231 e. The predicted octanol–water partition coefficient (Wildman–Crippen LogP) is 1.52. The zero-order valence-corrected chi connectivity index (χ0v) is 6.50. The molecule has 1 aromatic heterocycles. The molecule has 0 aromatic carbocycles. The van der Waals surface area contributed by atoms with E-state index in [1.165, 1.54) is 17.9 Å². The number of thioether (sulfide) groups is 1. The van der Waals surface area contributed by atoms with E-state index in [4.69, 9.17) is 0 Å². The maximum Gasteiger partial charge on any atom is 0.129 e. The van der Waals surface area contributed by atoms with Gasteiger partial charge in [-0.3, -0.25) is 0 Å². The van der Waals surface area contributed by atoms with Crippen molar-refractivity contribution in [3.05, 3.63) is 11.8 Å². The second-order valence-corrected chi connectivity index (χ2v) is 2.44. The molecule has 0 spiro atoms. The van der Waals surface area contributed by atoms with E-state index in [1.807, 2.05) is 12.5 Å². The van der Waals surface area contributed by atoms with E-state index in [9.17, 15) is 0 Å². The zero-order valence-electron chi connectivity index (χ0n) is 4.87. The highest BCUT2D eigenvalue weighted by Crippen LogP contribution is 1.77. The minimum absolute atomic E-state index is 1.35. The van der Waals surface area contributed by atoms with E-state index in [1.54, 1.807) is 17.3 Å². The lowest BCUT2D eigenvalue weighted by Gasteiger charge is -1.51. The van der Waals surface area contributed by atoms with Gasteiger partial charge in [-0.15, -0.1) is 0 Å². The lowest BCUT2D eigenvalue weighted by molar-refractivity contribution is 1.33. The molecule has 1 heterocycles. The van der Waals surface area contributed by atoms with Gasteiger partial charge in [0.2, 0.25) is 0 Å².